The molecule has 0 unspecified atom stereocenters. The van der Waals surface area contributed by atoms with E-state index in [9.17, 15) is 0 Å². The number of hydrogen-bond donors (Lipinski definition) is 0. The molecule has 1 aliphatic carbocycles. The monoisotopic (exact) mass is 172 g/mol. The normalized spacial score (nSPS) is 18.8. The fourth-order valence-corrected chi connectivity index (χ4v) is 1.84. The maximum Gasteiger partial charge on any atom is 0.0823 e. The third kappa shape index (κ3) is 1.21. The molecule has 0 saturated heterocycles. The summed E-state index contributed by atoms with van der Waals surface area (Å²) in [6.45, 7) is 1.97. The lowest BCUT2D eigenvalue weighted by Crippen LogP contribution is -2.32. The van der Waals surface area contributed by atoms with Crippen LogP contribution in [0.25, 0.3) is 0 Å². The van der Waals surface area contributed by atoms with Crippen molar-refractivity contribution in [2.75, 3.05) is 0 Å². The lowest BCUT2D eigenvalue weighted by Gasteiger charge is -2.35. The predicted molar refractivity (Wildman–Crippen MR) is 50.1 cm³/mol. The topological polar surface area (TPSA) is 36.7 Å². The minimum absolute atomic E-state index is 0.187. The van der Waals surface area contributed by atoms with Crippen LogP contribution in [0, 0.1) is 18.3 Å². The van der Waals surface area contributed by atoms with E-state index in [0.717, 1.165) is 24.1 Å². The first-order valence-electron chi connectivity index (χ1n) is 4.61. The standard InChI is InChI=1S/C11H12N2/c1-9-7-10(3-6-13-9)11(8-12)4-2-5-11/h3,6-7H,2,4-5H2,1H3. The number of nitrogens with zero attached hydrogens (tertiary/aromatic N) is 2. The van der Waals surface area contributed by atoms with E-state index in [2.05, 4.69) is 11.1 Å². The van der Waals surface area contributed by atoms with E-state index in [-0.39, 0.29) is 5.41 Å². The van der Waals surface area contributed by atoms with Crippen molar-refractivity contribution in [1.29, 1.82) is 5.26 Å². The second-order valence-corrected chi connectivity index (χ2v) is 3.73. The van der Waals surface area contributed by atoms with Gasteiger partial charge < -0.3 is 0 Å². The second-order valence-electron chi connectivity index (χ2n) is 3.73. The Morgan fingerprint density at radius 1 is 1.54 bits per heavy atom. The van der Waals surface area contributed by atoms with Crippen molar-refractivity contribution in [2.24, 2.45) is 0 Å². The molecule has 0 atom stereocenters. The number of aryl methyl sites for hydroxylation is 1. The first kappa shape index (κ1) is 8.25. The molecular weight excluding hydrogens is 160 g/mol. The molecule has 2 heteroatoms. The van der Waals surface area contributed by atoms with E-state index in [1.54, 1.807) is 6.20 Å². The van der Waals surface area contributed by atoms with Gasteiger partial charge in [0.25, 0.3) is 0 Å². The molecule has 0 spiro atoms. The van der Waals surface area contributed by atoms with Gasteiger partial charge in [0.1, 0.15) is 0 Å². The number of hydrogen-bond acceptors (Lipinski definition) is 2. The zero-order valence-electron chi connectivity index (χ0n) is 7.75. The lowest BCUT2D eigenvalue weighted by atomic mass is 9.66. The Balaban J connectivity index is 2.40. The highest BCUT2D eigenvalue weighted by molar-refractivity contribution is 5.35. The van der Waals surface area contributed by atoms with E-state index in [1.165, 1.54) is 6.42 Å². The van der Waals surface area contributed by atoms with Crippen molar-refractivity contribution in [3.05, 3.63) is 29.6 Å². The molecule has 1 heterocycles. The molecule has 13 heavy (non-hydrogen) atoms. The van der Waals surface area contributed by atoms with Gasteiger partial charge in [-0.3, -0.25) is 4.98 Å². The van der Waals surface area contributed by atoms with Crippen LogP contribution in [0.4, 0.5) is 0 Å². The maximum absolute atomic E-state index is 9.11. The van der Waals surface area contributed by atoms with Crippen molar-refractivity contribution >= 4 is 0 Å². The maximum atomic E-state index is 9.11. The van der Waals surface area contributed by atoms with Crippen LogP contribution in [-0.2, 0) is 5.41 Å². The molecule has 0 radical (unpaired) electrons. The van der Waals surface area contributed by atoms with Crippen LogP contribution in [0.15, 0.2) is 18.3 Å². The molecular formula is C11H12N2. The highest BCUT2D eigenvalue weighted by Crippen LogP contribution is 2.42. The Morgan fingerprint density at radius 2 is 2.31 bits per heavy atom. The molecule has 2 nitrogen and oxygen atoms in total. The molecule has 0 aromatic carbocycles. The summed E-state index contributed by atoms with van der Waals surface area (Å²) in [6.07, 6.45) is 4.98. The van der Waals surface area contributed by atoms with E-state index < -0.39 is 0 Å². The Bertz CT molecular complexity index is 359. The fourth-order valence-electron chi connectivity index (χ4n) is 1.84. The summed E-state index contributed by atoms with van der Waals surface area (Å²) in [4.78, 5) is 4.14. The molecule has 0 bridgehead atoms. The summed E-state index contributed by atoms with van der Waals surface area (Å²) in [5.41, 5.74) is 1.96. The van der Waals surface area contributed by atoms with Gasteiger partial charge in [-0.2, -0.15) is 5.26 Å². The largest absolute Gasteiger partial charge is 0.262 e. The van der Waals surface area contributed by atoms with Gasteiger partial charge in [0.05, 0.1) is 11.5 Å². The van der Waals surface area contributed by atoms with Crippen molar-refractivity contribution < 1.29 is 0 Å². The second kappa shape index (κ2) is 2.85. The van der Waals surface area contributed by atoms with E-state index in [0.29, 0.717) is 0 Å². The molecule has 1 aromatic rings. The first-order chi connectivity index (χ1) is 6.27. The van der Waals surface area contributed by atoms with Crippen molar-refractivity contribution in [3.63, 3.8) is 0 Å². The van der Waals surface area contributed by atoms with Crippen molar-refractivity contribution in [2.45, 2.75) is 31.6 Å². The van der Waals surface area contributed by atoms with Crippen LogP contribution in [0.1, 0.15) is 30.5 Å². The van der Waals surface area contributed by atoms with Gasteiger partial charge in [-0.15, -0.1) is 0 Å². The molecule has 0 aliphatic heterocycles. The van der Waals surface area contributed by atoms with Crippen LogP contribution < -0.4 is 0 Å². The van der Waals surface area contributed by atoms with Crippen molar-refractivity contribution in [1.82, 2.24) is 4.98 Å². The van der Waals surface area contributed by atoms with Gasteiger partial charge in [0.2, 0.25) is 0 Å². The van der Waals surface area contributed by atoms with Crippen LogP contribution in [-0.4, -0.2) is 4.98 Å². The molecule has 2 rings (SSSR count). The SMILES string of the molecule is Cc1cc(C2(C#N)CCC2)ccn1. The van der Waals surface area contributed by atoms with Gasteiger partial charge in [-0.25, -0.2) is 0 Å². The fraction of sp³-hybridized carbons (Fsp3) is 0.455. The predicted octanol–water partition coefficient (Wildman–Crippen LogP) is 2.34. The summed E-state index contributed by atoms with van der Waals surface area (Å²) in [5, 5.41) is 9.11. The van der Waals surface area contributed by atoms with Gasteiger partial charge in [-0.1, -0.05) is 0 Å². The third-order valence-corrected chi connectivity index (χ3v) is 2.87. The lowest BCUT2D eigenvalue weighted by molar-refractivity contribution is 0.323. The average molecular weight is 172 g/mol. The Labute approximate surface area is 78.2 Å². The number of aromatic nitrogens is 1. The molecule has 0 amide bonds. The van der Waals surface area contributed by atoms with Gasteiger partial charge in [-0.05, 0) is 43.9 Å². The van der Waals surface area contributed by atoms with Gasteiger partial charge >= 0.3 is 0 Å². The Morgan fingerprint density at radius 3 is 2.77 bits per heavy atom. The summed E-state index contributed by atoms with van der Waals surface area (Å²) in [5.74, 6) is 0. The zero-order chi connectivity index (χ0) is 9.31. The van der Waals surface area contributed by atoms with Gasteiger partial charge in [0.15, 0.2) is 0 Å². The average Bonchev–Trinajstić information content (AvgIpc) is 2.03. The van der Waals surface area contributed by atoms with Crippen LogP contribution in [0.2, 0.25) is 0 Å². The number of nitriles is 1. The highest BCUT2D eigenvalue weighted by Gasteiger charge is 2.38. The van der Waals surface area contributed by atoms with E-state index >= 15 is 0 Å². The van der Waals surface area contributed by atoms with Gasteiger partial charge in [0, 0.05) is 11.9 Å². The molecule has 1 saturated carbocycles. The third-order valence-electron chi connectivity index (χ3n) is 2.87. The molecule has 1 aromatic heterocycles. The Kier molecular flexibility index (Phi) is 1.81. The van der Waals surface area contributed by atoms with Crippen LogP contribution in [0.5, 0.6) is 0 Å². The summed E-state index contributed by atoms with van der Waals surface area (Å²) in [6, 6.07) is 6.43. The first-order valence-corrected chi connectivity index (χ1v) is 4.61. The highest BCUT2D eigenvalue weighted by atomic mass is 14.7. The summed E-state index contributed by atoms with van der Waals surface area (Å²) in [7, 11) is 0. The van der Waals surface area contributed by atoms with Crippen LogP contribution >= 0.6 is 0 Å². The number of pyridine rings is 1. The number of rotatable bonds is 1. The Hall–Kier alpha value is -1.36. The quantitative estimate of drug-likeness (QED) is 0.652. The minimum Gasteiger partial charge on any atom is -0.262 e. The molecule has 1 aliphatic rings. The zero-order valence-corrected chi connectivity index (χ0v) is 7.75. The smallest absolute Gasteiger partial charge is 0.0823 e. The van der Waals surface area contributed by atoms with E-state index in [1.807, 2.05) is 19.1 Å². The molecule has 0 N–H and O–H groups in total. The van der Waals surface area contributed by atoms with Crippen LogP contribution in [0.3, 0.4) is 0 Å². The summed E-state index contributed by atoms with van der Waals surface area (Å²) < 4.78 is 0. The van der Waals surface area contributed by atoms with Crippen molar-refractivity contribution in [3.8, 4) is 6.07 Å². The minimum atomic E-state index is -0.187. The molecule has 1 fully saturated rings. The molecule has 66 valence electrons. The summed E-state index contributed by atoms with van der Waals surface area (Å²) >= 11 is 0. The van der Waals surface area contributed by atoms with E-state index in [4.69, 9.17) is 5.26 Å².